The van der Waals surface area contributed by atoms with Gasteiger partial charge in [0.2, 0.25) is 10.0 Å². The van der Waals surface area contributed by atoms with Crippen molar-refractivity contribution in [2.45, 2.75) is 62.6 Å². The number of piperidine rings is 1. The molecular weight excluding hydrogens is 399 g/mol. The molecule has 0 atom stereocenters. The molecule has 0 aliphatic carbocycles. The Bertz CT molecular complexity index is 593. The van der Waals surface area contributed by atoms with Gasteiger partial charge in [0.15, 0.2) is 0 Å². The number of nitrogens with two attached hydrogens (primary N) is 1. The highest BCUT2D eigenvalue weighted by Gasteiger charge is 2.42. The molecule has 0 amide bonds. The van der Waals surface area contributed by atoms with Gasteiger partial charge in [-0.3, -0.25) is 0 Å². The number of halogens is 1. The summed E-state index contributed by atoms with van der Waals surface area (Å²) < 4.78 is 28.9. The third kappa shape index (κ3) is 4.64. The lowest BCUT2D eigenvalue weighted by molar-refractivity contribution is -0.787. The third-order valence-electron chi connectivity index (χ3n) is 3.77. The van der Waals surface area contributed by atoms with E-state index in [4.69, 9.17) is 0 Å². The van der Waals surface area contributed by atoms with Gasteiger partial charge in [-0.05, 0) is 74.6 Å². The Balaban J connectivity index is 2.18. The van der Waals surface area contributed by atoms with Crippen LogP contribution in [0.15, 0.2) is 29.2 Å². The summed E-state index contributed by atoms with van der Waals surface area (Å²) in [6.07, 6.45) is 1.67. The Morgan fingerprint density at radius 1 is 1.10 bits per heavy atom. The van der Waals surface area contributed by atoms with Crippen LogP contribution in [0.1, 0.15) is 40.5 Å². The maximum Gasteiger partial charge on any atom is 0.240 e. The Hall–Kier alpha value is -0.180. The van der Waals surface area contributed by atoms with Gasteiger partial charge in [0, 0.05) is 22.5 Å². The molecule has 1 aromatic rings. The summed E-state index contributed by atoms with van der Waals surface area (Å²) in [5, 5.41) is 2.34. The zero-order valence-corrected chi connectivity index (χ0v) is 16.0. The zero-order chi connectivity index (χ0) is 15.9. The van der Waals surface area contributed by atoms with E-state index in [0.29, 0.717) is 4.90 Å². The molecule has 0 saturated carbocycles. The second-order valence-corrected chi connectivity index (χ2v) is 10.3. The first-order chi connectivity index (χ1) is 9.49. The van der Waals surface area contributed by atoms with Gasteiger partial charge in [-0.1, -0.05) is 0 Å². The van der Waals surface area contributed by atoms with Gasteiger partial charge >= 0.3 is 0 Å². The third-order valence-corrected chi connectivity index (χ3v) is 6.03. The number of benzene rings is 1. The second-order valence-electron chi connectivity index (χ2n) is 7.30. The van der Waals surface area contributed by atoms with Crippen LogP contribution in [0.25, 0.3) is 0 Å². The van der Waals surface area contributed by atoms with Gasteiger partial charge in [0.1, 0.15) is 0 Å². The minimum absolute atomic E-state index is 0.0238. The number of rotatable bonds is 3. The van der Waals surface area contributed by atoms with Crippen molar-refractivity contribution in [1.82, 2.24) is 4.72 Å². The molecule has 1 heterocycles. The van der Waals surface area contributed by atoms with E-state index in [2.05, 4.69) is 60.3 Å². The molecule has 0 unspecified atom stereocenters. The Labute approximate surface area is 141 Å². The Kier molecular flexibility index (Phi) is 4.74. The maximum atomic E-state index is 12.5. The Morgan fingerprint density at radius 2 is 1.57 bits per heavy atom. The smallest absolute Gasteiger partial charge is 0.240 e. The maximum absolute atomic E-state index is 12.5. The molecule has 1 saturated heterocycles. The van der Waals surface area contributed by atoms with Crippen LogP contribution in [0, 0.1) is 3.57 Å². The van der Waals surface area contributed by atoms with Crippen LogP contribution >= 0.6 is 22.6 Å². The molecule has 0 bridgehead atoms. The summed E-state index contributed by atoms with van der Waals surface area (Å²) in [4.78, 5) is 0.341. The summed E-state index contributed by atoms with van der Waals surface area (Å²) in [6, 6.07) is 6.93. The average molecular weight is 423 g/mol. The first kappa shape index (κ1) is 17.2. The first-order valence-corrected chi connectivity index (χ1v) is 9.70. The molecule has 118 valence electrons. The van der Waals surface area contributed by atoms with E-state index in [1.807, 2.05) is 12.1 Å². The van der Waals surface area contributed by atoms with Crippen LogP contribution in [0.3, 0.4) is 0 Å². The second kappa shape index (κ2) is 5.79. The van der Waals surface area contributed by atoms with Crippen LogP contribution in [0.4, 0.5) is 0 Å². The molecule has 3 N–H and O–H groups in total. The zero-order valence-electron chi connectivity index (χ0n) is 13.0. The van der Waals surface area contributed by atoms with E-state index in [9.17, 15) is 8.42 Å². The van der Waals surface area contributed by atoms with Crippen molar-refractivity contribution in [1.29, 1.82) is 0 Å². The molecule has 1 aliphatic heterocycles. The normalized spacial score (nSPS) is 22.1. The monoisotopic (exact) mass is 423 g/mol. The number of nitrogens with one attached hydrogen (secondary N) is 1. The highest BCUT2D eigenvalue weighted by atomic mass is 127. The lowest BCUT2D eigenvalue weighted by Gasteiger charge is -2.43. The quantitative estimate of drug-likeness (QED) is 0.730. The van der Waals surface area contributed by atoms with Crippen LogP contribution in [0.5, 0.6) is 0 Å². The molecule has 0 aromatic heterocycles. The fourth-order valence-electron chi connectivity index (χ4n) is 3.50. The van der Waals surface area contributed by atoms with Crippen molar-refractivity contribution in [3.63, 3.8) is 0 Å². The number of hydrogen-bond acceptors (Lipinski definition) is 2. The summed E-state index contributed by atoms with van der Waals surface area (Å²) in [5.41, 5.74) is 0.0853. The molecule has 6 heteroatoms. The van der Waals surface area contributed by atoms with Gasteiger partial charge in [-0.2, -0.15) is 0 Å². The van der Waals surface area contributed by atoms with Crippen molar-refractivity contribution in [2.75, 3.05) is 0 Å². The minimum Gasteiger partial charge on any atom is -0.337 e. The predicted molar refractivity (Wildman–Crippen MR) is 92.6 cm³/mol. The summed E-state index contributed by atoms with van der Waals surface area (Å²) in [7, 11) is -3.44. The molecule has 2 rings (SSSR count). The average Bonchev–Trinajstić information content (AvgIpc) is 2.23. The lowest BCUT2D eigenvalue weighted by atomic mass is 9.80. The van der Waals surface area contributed by atoms with Gasteiger partial charge < -0.3 is 5.32 Å². The van der Waals surface area contributed by atoms with E-state index in [-0.39, 0.29) is 17.1 Å². The minimum atomic E-state index is -3.44. The van der Waals surface area contributed by atoms with Crippen molar-refractivity contribution in [3.05, 3.63) is 27.8 Å². The molecule has 0 spiro atoms. The number of hydrogen-bond donors (Lipinski definition) is 2. The van der Waals surface area contributed by atoms with Gasteiger partial charge in [0.25, 0.3) is 0 Å². The predicted octanol–water partition coefficient (Wildman–Crippen LogP) is 1.85. The lowest BCUT2D eigenvalue weighted by Crippen LogP contribution is -3.06. The van der Waals surface area contributed by atoms with Gasteiger partial charge in [-0.15, -0.1) is 0 Å². The molecule has 1 aliphatic rings. The Morgan fingerprint density at radius 3 is 2.05 bits per heavy atom. The highest BCUT2D eigenvalue weighted by molar-refractivity contribution is 14.1. The molecule has 4 nitrogen and oxygen atoms in total. The highest BCUT2D eigenvalue weighted by Crippen LogP contribution is 2.23. The number of quaternary nitrogens is 1. The van der Waals surface area contributed by atoms with Crippen LogP contribution in [-0.2, 0) is 10.0 Å². The van der Waals surface area contributed by atoms with Gasteiger partial charge in [-0.25, -0.2) is 13.1 Å². The first-order valence-electron chi connectivity index (χ1n) is 7.14. The summed E-state index contributed by atoms with van der Waals surface area (Å²) in [6.45, 7) is 8.67. The summed E-state index contributed by atoms with van der Waals surface area (Å²) >= 11 is 2.17. The SMILES string of the molecule is CC1(C)CC(NS(=O)(=O)c2ccc(I)cc2)CC(C)(C)[NH2+]1. The molecule has 21 heavy (non-hydrogen) atoms. The van der Waals surface area contributed by atoms with E-state index in [0.717, 1.165) is 16.4 Å². The van der Waals surface area contributed by atoms with Crippen molar-refractivity contribution >= 4 is 32.6 Å². The van der Waals surface area contributed by atoms with E-state index >= 15 is 0 Å². The van der Waals surface area contributed by atoms with Crippen molar-refractivity contribution in [3.8, 4) is 0 Å². The standard InChI is InChI=1S/C15H23IN2O2S/c1-14(2)9-12(10-15(3,4)18-14)17-21(19,20)13-7-5-11(16)6-8-13/h5-8,12,17-18H,9-10H2,1-4H3/p+1. The molecule has 1 fully saturated rings. The molecule has 1 aromatic carbocycles. The van der Waals surface area contributed by atoms with Crippen molar-refractivity contribution < 1.29 is 13.7 Å². The largest absolute Gasteiger partial charge is 0.337 e. The van der Waals surface area contributed by atoms with Gasteiger partial charge in [0.05, 0.1) is 16.0 Å². The summed E-state index contributed by atoms with van der Waals surface area (Å²) in [5.74, 6) is 0. The topological polar surface area (TPSA) is 62.8 Å². The van der Waals surface area contributed by atoms with Crippen LogP contribution in [0.2, 0.25) is 0 Å². The molecule has 0 radical (unpaired) electrons. The van der Waals surface area contributed by atoms with Crippen molar-refractivity contribution in [2.24, 2.45) is 0 Å². The number of sulfonamides is 1. The fraction of sp³-hybridized carbons (Fsp3) is 0.600. The van der Waals surface area contributed by atoms with E-state index < -0.39 is 10.0 Å². The van der Waals surface area contributed by atoms with Crippen LogP contribution < -0.4 is 10.0 Å². The fourth-order valence-corrected chi connectivity index (χ4v) is 5.10. The van der Waals surface area contributed by atoms with E-state index in [1.54, 1.807) is 12.1 Å². The van der Waals surface area contributed by atoms with Crippen LogP contribution in [-0.4, -0.2) is 25.5 Å². The van der Waals surface area contributed by atoms with E-state index in [1.165, 1.54) is 0 Å². The molecular formula is C15H24IN2O2S+.